The van der Waals surface area contributed by atoms with Crippen LogP contribution < -0.4 is 10.9 Å². The summed E-state index contributed by atoms with van der Waals surface area (Å²) < 4.78 is 11.2. The van der Waals surface area contributed by atoms with Crippen LogP contribution in [0, 0.1) is 0 Å². The lowest BCUT2D eigenvalue weighted by Crippen LogP contribution is -2.38. The molecule has 0 aliphatic carbocycles. The van der Waals surface area contributed by atoms with Crippen LogP contribution in [0.15, 0.2) is 65.7 Å². The Bertz CT molecular complexity index is 1720. The summed E-state index contributed by atoms with van der Waals surface area (Å²) in [6, 6.07) is 12.6. The largest absolute Gasteiger partial charge is 0.469 e. The highest BCUT2D eigenvalue weighted by Gasteiger charge is 2.28. The molecule has 2 N–H and O–H groups in total. The predicted octanol–water partition coefficient (Wildman–Crippen LogP) is 2.10. The fourth-order valence-corrected chi connectivity index (χ4v) is 4.59. The van der Waals surface area contributed by atoms with Crippen LogP contribution in [-0.4, -0.2) is 80.1 Å². The van der Waals surface area contributed by atoms with Gasteiger partial charge in [0.15, 0.2) is 0 Å². The molecule has 220 valence electrons. The number of cyclic esters (lactones) is 1. The van der Waals surface area contributed by atoms with Gasteiger partial charge in [-0.1, -0.05) is 35.9 Å². The molecule has 2 aromatic heterocycles. The van der Waals surface area contributed by atoms with E-state index >= 15 is 0 Å². The molecule has 0 bridgehead atoms. The summed E-state index contributed by atoms with van der Waals surface area (Å²) in [6.45, 7) is 0.592. The van der Waals surface area contributed by atoms with Crippen molar-refractivity contribution in [1.29, 1.82) is 0 Å². The maximum Gasteiger partial charge on any atom is 0.410 e. The highest BCUT2D eigenvalue weighted by Crippen LogP contribution is 2.22. The van der Waals surface area contributed by atoms with Gasteiger partial charge in [0.1, 0.15) is 12.9 Å². The van der Waals surface area contributed by atoms with Crippen molar-refractivity contribution in [3.63, 3.8) is 0 Å². The molecule has 5 rings (SSSR count). The van der Waals surface area contributed by atoms with E-state index in [1.165, 1.54) is 29.1 Å². The average molecular weight is 605 g/mol. The molecule has 15 heteroatoms. The number of tetrazole rings is 1. The van der Waals surface area contributed by atoms with Crippen LogP contribution in [0.3, 0.4) is 0 Å². The van der Waals surface area contributed by atoms with E-state index in [2.05, 4.69) is 31.0 Å². The second-order valence-corrected chi connectivity index (χ2v) is 9.83. The molecule has 0 saturated carbocycles. The summed E-state index contributed by atoms with van der Waals surface area (Å²) in [5.74, 6) is -0.881. The molecule has 0 unspecified atom stereocenters. The molecular formula is C28H25ClN8O6. The van der Waals surface area contributed by atoms with Gasteiger partial charge in [-0.25, -0.2) is 9.89 Å². The minimum absolute atomic E-state index is 0.0437. The molecule has 43 heavy (non-hydrogen) atoms. The third-order valence-corrected chi connectivity index (χ3v) is 6.82. The van der Waals surface area contributed by atoms with Gasteiger partial charge < -0.3 is 19.7 Å². The number of hydrogen-bond donors (Lipinski definition) is 2. The SMILES string of the molecule is COC(=O)Cc1ccc(-c2cc([C@H](CN3CCOC3=O)NC(=O)/C=C/c3cc(Cl)ccc3-n3cnnn3)n[nH]c2=O)cc1. The molecule has 1 aliphatic heterocycles. The summed E-state index contributed by atoms with van der Waals surface area (Å²) in [4.78, 5) is 51.2. The van der Waals surface area contributed by atoms with Crippen LogP contribution in [-0.2, 0) is 25.5 Å². The number of benzene rings is 2. The number of halogens is 1. The number of carbonyl (C=O) groups excluding carboxylic acids is 3. The zero-order chi connectivity index (χ0) is 30.3. The summed E-state index contributed by atoms with van der Waals surface area (Å²) in [7, 11) is 1.31. The van der Waals surface area contributed by atoms with Gasteiger partial charge in [0.2, 0.25) is 5.91 Å². The maximum atomic E-state index is 13.2. The lowest BCUT2D eigenvalue weighted by atomic mass is 10.0. The zero-order valence-electron chi connectivity index (χ0n) is 22.8. The minimum Gasteiger partial charge on any atom is -0.469 e. The molecule has 2 aromatic carbocycles. The van der Waals surface area contributed by atoms with Gasteiger partial charge in [0.25, 0.3) is 5.56 Å². The zero-order valence-corrected chi connectivity index (χ0v) is 23.5. The quantitative estimate of drug-likeness (QED) is 0.201. The highest BCUT2D eigenvalue weighted by molar-refractivity contribution is 6.30. The normalized spacial score (nSPS) is 13.6. The first-order valence-corrected chi connectivity index (χ1v) is 13.4. The van der Waals surface area contributed by atoms with Gasteiger partial charge in [0.05, 0.1) is 49.6 Å². The number of aromatic amines is 1. The van der Waals surface area contributed by atoms with Gasteiger partial charge in [-0.2, -0.15) is 9.78 Å². The average Bonchev–Trinajstić information content (AvgIpc) is 3.69. The van der Waals surface area contributed by atoms with Crippen molar-refractivity contribution in [1.82, 2.24) is 40.6 Å². The minimum atomic E-state index is -0.810. The van der Waals surface area contributed by atoms with E-state index in [1.54, 1.807) is 54.6 Å². The van der Waals surface area contributed by atoms with Gasteiger partial charge in [-0.05, 0) is 51.9 Å². The number of esters is 1. The molecule has 4 aromatic rings. The van der Waals surface area contributed by atoms with E-state index < -0.39 is 23.6 Å². The molecule has 2 amide bonds. The van der Waals surface area contributed by atoms with E-state index in [0.29, 0.717) is 45.2 Å². The van der Waals surface area contributed by atoms with E-state index in [9.17, 15) is 19.2 Å². The number of methoxy groups -OCH3 is 1. The third-order valence-electron chi connectivity index (χ3n) is 6.59. The van der Waals surface area contributed by atoms with Crippen molar-refractivity contribution in [3.8, 4) is 16.8 Å². The van der Waals surface area contributed by atoms with Crippen molar-refractivity contribution < 1.29 is 23.9 Å². The highest BCUT2D eigenvalue weighted by atomic mass is 35.5. The summed E-state index contributed by atoms with van der Waals surface area (Å²) >= 11 is 6.18. The number of hydrogen-bond acceptors (Lipinski definition) is 10. The number of aromatic nitrogens is 6. The molecule has 0 radical (unpaired) electrons. The molecule has 14 nitrogen and oxygen atoms in total. The Balaban J connectivity index is 1.41. The Labute approximate surface area is 249 Å². The smallest absolute Gasteiger partial charge is 0.410 e. The van der Waals surface area contributed by atoms with Crippen molar-refractivity contribution >= 4 is 35.6 Å². The fourth-order valence-electron chi connectivity index (χ4n) is 4.40. The van der Waals surface area contributed by atoms with Crippen LogP contribution in [0.2, 0.25) is 5.02 Å². The monoisotopic (exact) mass is 604 g/mol. The fraction of sp³-hybridized carbons (Fsp3) is 0.214. The Morgan fingerprint density at radius 2 is 2.00 bits per heavy atom. The van der Waals surface area contributed by atoms with E-state index in [-0.39, 0.29) is 25.5 Å². The van der Waals surface area contributed by atoms with Crippen LogP contribution in [0.4, 0.5) is 4.79 Å². The van der Waals surface area contributed by atoms with Crippen molar-refractivity contribution in [2.45, 2.75) is 12.5 Å². The molecule has 1 fully saturated rings. The maximum absolute atomic E-state index is 13.2. The van der Waals surface area contributed by atoms with E-state index in [1.807, 2.05) is 0 Å². The Morgan fingerprint density at radius 1 is 1.19 bits per heavy atom. The first-order chi connectivity index (χ1) is 20.8. The molecule has 3 heterocycles. The van der Waals surface area contributed by atoms with Crippen LogP contribution in [0.1, 0.15) is 22.9 Å². The van der Waals surface area contributed by atoms with Gasteiger partial charge in [-0.3, -0.25) is 14.4 Å². The summed E-state index contributed by atoms with van der Waals surface area (Å²) in [5, 5.41) is 21.1. The second kappa shape index (κ2) is 13.1. The molecule has 0 spiro atoms. The predicted molar refractivity (Wildman–Crippen MR) is 153 cm³/mol. The molecule has 1 saturated heterocycles. The van der Waals surface area contributed by atoms with Crippen molar-refractivity contribution in [3.05, 3.63) is 93.1 Å². The third kappa shape index (κ3) is 7.11. The lowest BCUT2D eigenvalue weighted by molar-refractivity contribution is -0.139. The second-order valence-electron chi connectivity index (χ2n) is 9.40. The van der Waals surface area contributed by atoms with Crippen molar-refractivity contribution in [2.24, 2.45) is 0 Å². The van der Waals surface area contributed by atoms with Crippen LogP contribution in [0.5, 0.6) is 0 Å². The number of ether oxygens (including phenoxy) is 2. The van der Waals surface area contributed by atoms with Crippen LogP contribution in [0.25, 0.3) is 22.9 Å². The lowest BCUT2D eigenvalue weighted by Gasteiger charge is -2.22. The number of H-pyrrole nitrogens is 1. The van der Waals surface area contributed by atoms with E-state index in [0.717, 1.165) is 0 Å². The number of rotatable bonds is 10. The number of carbonyl (C=O) groups is 3. The Hall–Kier alpha value is -5.37. The Kier molecular flexibility index (Phi) is 8.86. The first kappa shape index (κ1) is 29.1. The standard InChI is InChI=1S/C28H25ClN8O6/c1-42-26(39)12-17-2-4-18(5-3-17)21-14-22(32-33-27(21)40)23(15-36-10-11-43-28(36)41)31-25(38)9-6-19-13-20(29)7-8-24(19)37-16-30-34-35-37/h2-9,13-14,16,23H,10-12,15H2,1H3,(H,31,38)(H,33,40)/b9-6+/t23-/m0/s1. The molecule has 1 atom stereocenters. The molecular weight excluding hydrogens is 580 g/mol. The molecule has 1 aliphatic rings. The summed E-state index contributed by atoms with van der Waals surface area (Å²) in [6.07, 6.45) is 3.85. The van der Waals surface area contributed by atoms with Gasteiger partial charge in [-0.15, -0.1) is 5.10 Å². The number of amides is 2. The van der Waals surface area contributed by atoms with Gasteiger partial charge >= 0.3 is 12.1 Å². The van der Waals surface area contributed by atoms with Crippen LogP contribution >= 0.6 is 11.6 Å². The van der Waals surface area contributed by atoms with E-state index in [4.69, 9.17) is 21.1 Å². The van der Waals surface area contributed by atoms with Crippen molar-refractivity contribution in [2.75, 3.05) is 26.8 Å². The number of nitrogens with zero attached hydrogens (tertiary/aromatic N) is 6. The Morgan fingerprint density at radius 3 is 2.70 bits per heavy atom. The first-order valence-electron chi connectivity index (χ1n) is 13.0. The van der Waals surface area contributed by atoms with Gasteiger partial charge in [0, 0.05) is 16.7 Å². The topological polar surface area (TPSA) is 174 Å². The summed E-state index contributed by atoms with van der Waals surface area (Å²) in [5.41, 5.74) is 2.61. The number of nitrogens with one attached hydrogen (secondary N) is 2.